The molecular weight excluding hydrogens is 287 g/mol. The van der Waals surface area contributed by atoms with Gasteiger partial charge in [-0.05, 0) is 44.5 Å². The van der Waals surface area contributed by atoms with E-state index in [9.17, 15) is 14.0 Å². The molecule has 1 aromatic heterocycles. The fourth-order valence-corrected chi connectivity index (χ4v) is 2.25. The Kier molecular flexibility index (Phi) is 4.60. The summed E-state index contributed by atoms with van der Waals surface area (Å²) < 4.78 is 18.1. The lowest BCUT2D eigenvalue weighted by atomic mass is 10.1. The van der Waals surface area contributed by atoms with Crippen molar-refractivity contribution in [2.45, 2.75) is 20.8 Å². The maximum absolute atomic E-state index is 13.1. The van der Waals surface area contributed by atoms with Crippen molar-refractivity contribution in [3.8, 4) is 0 Å². The number of rotatable bonds is 4. The van der Waals surface area contributed by atoms with E-state index >= 15 is 0 Å². The SMILES string of the molecule is CCOC(=O)c1c(C)[nH]c(C(=O)Nc2cccc(F)c2)c1C. The molecular formula is C16H17FN2O3. The monoisotopic (exact) mass is 304 g/mol. The second-order valence-corrected chi connectivity index (χ2v) is 4.81. The van der Waals surface area contributed by atoms with E-state index in [2.05, 4.69) is 10.3 Å². The van der Waals surface area contributed by atoms with Gasteiger partial charge in [0.05, 0.1) is 12.2 Å². The highest BCUT2D eigenvalue weighted by molar-refractivity contribution is 6.06. The van der Waals surface area contributed by atoms with Crippen LogP contribution in [0.2, 0.25) is 0 Å². The van der Waals surface area contributed by atoms with Gasteiger partial charge in [-0.25, -0.2) is 9.18 Å². The van der Waals surface area contributed by atoms with Crippen molar-refractivity contribution in [3.63, 3.8) is 0 Å². The van der Waals surface area contributed by atoms with Crippen LogP contribution in [0.15, 0.2) is 24.3 Å². The number of hydrogen-bond donors (Lipinski definition) is 2. The van der Waals surface area contributed by atoms with Crippen LogP contribution in [-0.2, 0) is 4.74 Å². The molecule has 5 nitrogen and oxygen atoms in total. The minimum atomic E-state index is -0.474. The van der Waals surface area contributed by atoms with Gasteiger partial charge in [-0.15, -0.1) is 0 Å². The van der Waals surface area contributed by atoms with E-state index in [-0.39, 0.29) is 12.3 Å². The Balaban J connectivity index is 2.27. The van der Waals surface area contributed by atoms with E-state index in [0.717, 1.165) is 0 Å². The van der Waals surface area contributed by atoms with Gasteiger partial charge in [0.1, 0.15) is 11.5 Å². The summed E-state index contributed by atoms with van der Waals surface area (Å²) in [4.78, 5) is 27.1. The Morgan fingerprint density at radius 1 is 1.32 bits per heavy atom. The molecule has 6 heteroatoms. The predicted molar refractivity (Wildman–Crippen MR) is 80.6 cm³/mol. The van der Waals surface area contributed by atoms with Crippen LogP contribution in [0, 0.1) is 19.7 Å². The molecule has 0 unspecified atom stereocenters. The molecule has 0 spiro atoms. The van der Waals surface area contributed by atoms with Gasteiger partial charge in [0.25, 0.3) is 5.91 Å². The Hall–Kier alpha value is -2.63. The Morgan fingerprint density at radius 3 is 2.68 bits per heavy atom. The number of H-pyrrole nitrogens is 1. The molecule has 0 saturated carbocycles. The molecule has 0 radical (unpaired) electrons. The fourth-order valence-electron chi connectivity index (χ4n) is 2.25. The molecule has 2 rings (SSSR count). The lowest BCUT2D eigenvalue weighted by Crippen LogP contribution is -2.14. The minimum absolute atomic E-state index is 0.254. The second-order valence-electron chi connectivity index (χ2n) is 4.81. The molecule has 0 aliphatic heterocycles. The number of ether oxygens (including phenoxy) is 1. The highest BCUT2D eigenvalue weighted by atomic mass is 19.1. The number of halogens is 1. The minimum Gasteiger partial charge on any atom is -0.462 e. The molecule has 0 atom stereocenters. The van der Waals surface area contributed by atoms with Gasteiger partial charge in [-0.2, -0.15) is 0 Å². The van der Waals surface area contributed by atoms with Crippen molar-refractivity contribution in [1.82, 2.24) is 4.98 Å². The summed E-state index contributed by atoms with van der Waals surface area (Å²) >= 11 is 0. The summed E-state index contributed by atoms with van der Waals surface area (Å²) in [7, 11) is 0. The summed E-state index contributed by atoms with van der Waals surface area (Å²) in [6, 6.07) is 5.59. The van der Waals surface area contributed by atoms with Crippen LogP contribution >= 0.6 is 0 Å². The first-order valence-corrected chi connectivity index (χ1v) is 6.87. The third-order valence-electron chi connectivity index (χ3n) is 3.23. The average Bonchev–Trinajstić information content (AvgIpc) is 2.74. The first-order chi connectivity index (χ1) is 10.4. The average molecular weight is 304 g/mol. The van der Waals surface area contributed by atoms with E-state index in [1.54, 1.807) is 26.8 Å². The van der Waals surface area contributed by atoms with Crippen LogP contribution < -0.4 is 5.32 Å². The van der Waals surface area contributed by atoms with Crippen LogP contribution in [-0.4, -0.2) is 23.5 Å². The number of hydrogen-bond acceptors (Lipinski definition) is 3. The number of esters is 1. The predicted octanol–water partition coefficient (Wildman–Crippen LogP) is 3.20. The van der Waals surface area contributed by atoms with Gasteiger partial charge in [0.2, 0.25) is 0 Å². The van der Waals surface area contributed by atoms with Crippen LogP contribution in [0.5, 0.6) is 0 Å². The molecule has 0 aliphatic carbocycles. The summed E-state index contributed by atoms with van der Waals surface area (Å²) in [5.41, 5.74) is 2.01. The Morgan fingerprint density at radius 2 is 2.05 bits per heavy atom. The molecule has 2 aromatic rings. The van der Waals surface area contributed by atoms with Gasteiger partial charge in [0.15, 0.2) is 0 Å². The zero-order chi connectivity index (χ0) is 16.3. The van der Waals surface area contributed by atoms with E-state index in [4.69, 9.17) is 4.74 Å². The van der Waals surface area contributed by atoms with Crippen LogP contribution in [0.25, 0.3) is 0 Å². The van der Waals surface area contributed by atoms with Gasteiger partial charge in [-0.1, -0.05) is 6.07 Å². The normalized spacial score (nSPS) is 10.4. The number of carbonyl (C=O) groups is 2. The lowest BCUT2D eigenvalue weighted by Gasteiger charge is -2.05. The Bertz CT molecular complexity index is 722. The number of nitrogens with one attached hydrogen (secondary N) is 2. The van der Waals surface area contributed by atoms with E-state index < -0.39 is 17.7 Å². The van der Waals surface area contributed by atoms with E-state index in [1.807, 2.05) is 0 Å². The van der Waals surface area contributed by atoms with E-state index in [0.29, 0.717) is 22.5 Å². The Labute approximate surface area is 127 Å². The second kappa shape index (κ2) is 6.43. The summed E-state index contributed by atoms with van der Waals surface area (Å²) in [6.45, 7) is 5.33. The van der Waals surface area contributed by atoms with Crippen molar-refractivity contribution < 1.29 is 18.7 Å². The maximum Gasteiger partial charge on any atom is 0.340 e. The molecule has 1 heterocycles. The standard InChI is InChI=1S/C16H17FN2O3/c1-4-22-16(21)13-9(2)14(18-10(13)3)15(20)19-12-7-5-6-11(17)8-12/h5-8,18H,4H2,1-3H3,(H,19,20). The highest BCUT2D eigenvalue weighted by Crippen LogP contribution is 2.20. The highest BCUT2D eigenvalue weighted by Gasteiger charge is 2.22. The number of amides is 1. The fraction of sp³-hybridized carbons (Fsp3) is 0.250. The van der Waals surface area contributed by atoms with Gasteiger partial charge >= 0.3 is 5.97 Å². The molecule has 1 amide bonds. The number of carbonyl (C=O) groups excluding carboxylic acids is 2. The topological polar surface area (TPSA) is 71.2 Å². The molecule has 0 aliphatic rings. The first kappa shape index (κ1) is 15.8. The van der Waals surface area contributed by atoms with Gasteiger partial charge < -0.3 is 15.0 Å². The van der Waals surface area contributed by atoms with Gasteiger partial charge in [-0.3, -0.25) is 4.79 Å². The summed E-state index contributed by atoms with van der Waals surface area (Å²) in [5.74, 6) is -1.36. The molecule has 116 valence electrons. The van der Waals surface area contributed by atoms with Crippen LogP contribution in [0.3, 0.4) is 0 Å². The molecule has 1 aromatic carbocycles. The van der Waals surface area contributed by atoms with Crippen molar-refractivity contribution in [2.24, 2.45) is 0 Å². The summed E-state index contributed by atoms with van der Waals surface area (Å²) in [6.07, 6.45) is 0. The smallest absolute Gasteiger partial charge is 0.340 e. The van der Waals surface area contributed by atoms with E-state index in [1.165, 1.54) is 18.2 Å². The molecule has 0 bridgehead atoms. The van der Waals surface area contributed by atoms with Gasteiger partial charge in [0, 0.05) is 11.4 Å². The zero-order valence-electron chi connectivity index (χ0n) is 12.6. The zero-order valence-corrected chi connectivity index (χ0v) is 12.6. The van der Waals surface area contributed by atoms with Crippen molar-refractivity contribution in [1.29, 1.82) is 0 Å². The number of aryl methyl sites for hydroxylation is 1. The van der Waals surface area contributed by atoms with Crippen LogP contribution in [0.4, 0.5) is 10.1 Å². The van der Waals surface area contributed by atoms with Crippen LogP contribution in [0.1, 0.15) is 39.0 Å². The summed E-state index contributed by atoms with van der Waals surface area (Å²) in [5, 5.41) is 2.59. The van der Waals surface area contributed by atoms with Crippen molar-refractivity contribution in [2.75, 3.05) is 11.9 Å². The number of anilines is 1. The van der Waals surface area contributed by atoms with Crippen molar-refractivity contribution >= 4 is 17.6 Å². The quantitative estimate of drug-likeness (QED) is 0.852. The molecule has 22 heavy (non-hydrogen) atoms. The number of benzene rings is 1. The third kappa shape index (κ3) is 3.16. The van der Waals surface area contributed by atoms with Crippen molar-refractivity contribution in [3.05, 3.63) is 52.6 Å². The first-order valence-electron chi connectivity index (χ1n) is 6.87. The lowest BCUT2D eigenvalue weighted by molar-refractivity contribution is 0.0525. The largest absolute Gasteiger partial charge is 0.462 e. The third-order valence-corrected chi connectivity index (χ3v) is 3.23. The molecule has 0 saturated heterocycles. The molecule has 0 fully saturated rings. The maximum atomic E-state index is 13.1. The number of aromatic nitrogens is 1. The molecule has 2 N–H and O–H groups in total. The number of aromatic amines is 1.